The molecule has 0 radical (unpaired) electrons. The second-order valence-corrected chi connectivity index (χ2v) is 6.61. The van der Waals surface area contributed by atoms with Crippen LogP contribution < -0.4 is 0 Å². The molecule has 0 spiro atoms. The first-order chi connectivity index (χ1) is 9.69. The third kappa shape index (κ3) is 2.55. The predicted octanol–water partition coefficient (Wildman–Crippen LogP) is 4.28. The molecule has 1 aromatic carbocycles. The van der Waals surface area contributed by atoms with Crippen molar-refractivity contribution >= 4 is 45.6 Å². The summed E-state index contributed by atoms with van der Waals surface area (Å²) in [6.07, 6.45) is 2.64. The van der Waals surface area contributed by atoms with Crippen LogP contribution in [0.15, 0.2) is 24.4 Å². The van der Waals surface area contributed by atoms with Gasteiger partial charge in [0.25, 0.3) is 0 Å². The van der Waals surface area contributed by atoms with Crippen LogP contribution in [0.25, 0.3) is 11.0 Å². The van der Waals surface area contributed by atoms with Crippen LogP contribution in [0, 0.1) is 6.92 Å². The minimum atomic E-state index is 0.544. The summed E-state index contributed by atoms with van der Waals surface area (Å²) in [4.78, 5) is 10.1. The van der Waals surface area contributed by atoms with E-state index in [1.807, 2.05) is 31.3 Å². The smallest absolute Gasteiger partial charge is 0.111 e. The van der Waals surface area contributed by atoms with Crippen molar-refractivity contribution in [1.82, 2.24) is 14.5 Å². The Kier molecular flexibility index (Phi) is 3.96. The predicted molar refractivity (Wildman–Crippen MR) is 85.1 cm³/mol. The SMILES string of the molecule is Cc1ncc(Cn2c(CCCl)nc3c(Cl)cccc32)s1. The number of rotatable bonds is 4. The topological polar surface area (TPSA) is 30.7 Å². The lowest BCUT2D eigenvalue weighted by atomic mass is 10.3. The first-order valence-electron chi connectivity index (χ1n) is 6.30. The van der Waals surface area contributed by atoms with Gasteiger partial charge in [0, 0.05) is 23.4 Å². The number of para-hydroxylation sites is 1. The van der Waals surface area contributed by atoms with E-state index in [4.69, 9.17) is 23.2 Å². The molecular weight excluding hydrogens is 313 g/mol. The lowest BCUT2D eigenvalue weighted by Gasteiger charge is -2.06. The highest BCUT2D eigenvalue weighted by Crippen LogP contribution is 2.26. The van der Waals surface area contributed by atoms with E-state index in [2.05, 4.69) is 14.5 Å². The molecule has 3 rings (SSSR count). The van der Waals surface area contributed by atoms with Gasteiger partial charge in [-0.05, 0) is 19.1 Å². The van der Waals surface area contributed by atoms with Gasteiger partial charge in [-0.2, -0.15) is 0 Å². The molecule has 3 aromatic rings. The Morgan fingerprint density at radius 1 is 1.35 bits per heavy atom. The molecular formula is C14H13Cl2N3S. The van der Waals surface area contributed by atoms with E-state index in [1.165, 1.54) is 4.88 Å². The summed E-state index contributed by atoms with van der Waals surface area (Å²) in [6, 6.07) is 5.85. The zero-order valence-electron chi connectivity index (χ0n) is 10.9. The van der Waals surface area contributed by atoms with Crippen molar-refractivity contribution in [2.75, 3.05) is 5.88 Å². The maximum Gasteiger partial charge on any atom is 0.111 e. The van der Waals surface area contributed by atoms with Crippen molar-refractivity contribution < 1.29 is 0 Å². The molecule has 0 aliphatic carbocycles. The Balaban J connectivity index is 2.11. The van der Waals surface area contributed by atoms with Crippen molar-refractivity contribution in [2.24, 2.45) is 0 Å². The second kappa shape index (κ2) is 5.72. The van der Waals surface area contributed by atoms with E-state index in [9.17, 15) is 0 Å². The quantitative estimate of drug-likeness (QED) is 0.670. The lowest BCUT2D eigenvalue weighted by molar-refractivity contribution is 0.762. The summed E-state index contributed by atoms with van der Waals surface area (Å²) < 4.78 is 2.18. The number of aromatic nitrogens is 3. The van der Waals surface area contributed by atoms with Gasteiger partial charge in [0.2, 0.25) is 0 Å². The van der Waals surface area contributed by atoms with Crippen LogP contribution in [0.4, 0.5) is 0 Å². The number of hydrogen-bond acceptors (Lipinski definition) is 3. The molecule has 0 unspecified atom stereocenters. The fourth-order valence-electron chi connectivity index (χ4n) is 2.25. The molecule has 2 heterocycles. The van der Waals surface area contributed by atoms with Crippen LogP contribution >= 0.6 is 34.5 Å². The molecule has 20 heavy (non-hydrogen) atoms. The van der Waals surface area contributed by atoms with Crippen LogP contribution in [0.3, 0.4) is 0 Å². The normalized spacial score (nSPS) is 11.3. The molecule has 0 aliphatic rings. The highest BCUT2D eigenvalue weighted by molar-refractivity contribution is 7.11. The molecule has 3 nitrogen and oxygen atoms in total. The largest absolute Gasteiger partial charge is 0.323 e. The Labute approximate surface area is 131 Å². The standard InChI is InChI=1S/C14H13Cl2N3S/c1-9-17-7-10(20-9)8-19-12-4-2-3-11(16)14(12)18-13(19)5-6-15/h2-4,7H,5-6,8H2,1H3. The molecule has 6 heteroatoms. The zero-order valence-corrected chi connectivity index (χ0v) is 13.3. The van der Waals surface area contributed by atoms with Crippen molar-refractivity contribution in [2.45, 2.75) is 19.9 Å². The fourth-order valence-corrected chi connectivity index (χ4v) is 3.41. The van der Waals surface area contributed by atoms with Gasteiger partial charge >= 0.3 is 0 Å². The van der Waals surface area contributed by atoms with E-state index in [-0.39, 0.29) is 0 Å². The van der Waals surface area contributed by atoms with Gasteiger partial charge in [0.05, 0.1) is 22.1 Å². The summed E-state index contributed by atoms with van der Waals surface area (Å²) in [5.41, 5.74) is 1.89. The number of alkyl halides is 1. The van der Waals surface area contributed by atoms with Gasteiger partial charge in [-0.1, -0.05) is 17.7 Å². The molecule has 0 amide bonds. The van der Waals surface area contributed by atoms with Crippen molar-refractivity contribution in [3.8, 4) is 0 Å². The van der Waals surface area contributed by atoms with Gasteiger partial charge in [0.15, 0.2) is 0 Å². The number of nitrogens with zero attached hydrogens (tertiary/aromatic N) is 3. The monoisotopic (exact) mass is 325 g/mol. The second-order valence-electron chi connectivity index (χ2n) is 4.51. The molecule has 2 aromatic heterocycles. The number of aryl methyl sites for hydroxylation is 2. The number of halogens is 2. The third-order valence-electron chi connectivity index (χ3n) is 3.11. The number of thiazole rings is 1. The zero-order chi connectivity index (χ0) is 14.1. The fraction of sp³-hybridized carbons (Fsp3) is 0.286. The van der Waals surface area contributed by atoms with Crippen LogP contribution in [0.2, 0.25) is 5.02 Å². The summed E-state index contributed by atoms with van der Waals surface area (Å²) in [6.45, 7) is 2.77. The average Bonchev–Trinajstić information content (AvgIpc) is 2.97. The van der Waals surface area contributed by atoms with E-state index in [1.54, 1.807) is 11.3 Å². The maximum absolute atomic E-state index is 6.23. The van der Waals surface area contributed by atoms with Crippen molar-refractivity contribution in [1.29, 1.82) is 0 Å². The Morgan fingerprint density at radius 2 is 2.20 bits per heavy atom. The minimum absolute atomic E-state index is 0.544. The summed E-state index contributed by atoms with van der Waals surface area (Å²) in [7, 11) is 0. The Hall–Kier alpha value is -1.10. The van der Waals surface area contributed by atoms with E-state index in [0.717, 1.165) is 34.8 Å². The first-order valence-corrected chi connectivity index (χ1v) is 8.03. The first kappa shape index (κ1) is 13.9. The van der Waals surface area contributed by atoms with Crippen LogP contribution in [0.5, 0.6) is 0 Å². The van der Waals surface area contributed by atoms with Gasteiger partial charge in [0.1, 0.15) is 11.3 Å². The number of hydrogen-bond donors (Lipinski definition) is 0. The molecule has 0 saturated heterocycles. The van der Waals surface area contributed by atoms with Crippen LogP contribution in [-0.4, -0.2) is 20.4 Å². The molecule has 0 atom stereocenters. The highest BCUT2D eigenvalue weighted by Gasteiger charge is 2.13. The molecule has 0 aliphatic heterocycles. The van der Waals surface area contributed by atoms with E-state index >= 15 is 0 Å². The summed E-state index contributed by atoms with van der Waals surface area (Å²) >= 11 is 13.8. The maximum atomic E-state index is 6.23. The van der Waals surface area contributed by atoms with Crippen LogP contribution in [0.1, 0.15) is 15.7 Å². The molecule has 0 fully saturated rings. The van der Waals surface area contributed by atoms with Gasteiger partial charge < -0.3 is 4.57 Å². The van der Waals surface area contributed by atoms with Crippen molar-refractivity contribution in [3.63, 3.8) is 0 Å². The Bertz CT molecular complexity index is 748. The number of imidazole rings is 1. The molecule has 0 N–H and O–H groups in total. The van der Waals surface area contributed by atoms with Crippen molar-refractivity contribution in [3.05, 3.63) is 45.1 Å². The lowest BCUT2D eigenvalue weighted by Crippen LogP contribution is -2.04. The molecule has 0 saturated carbocycles. The molecule has 104 valence electrons. The van der Waals surface area contributed by atoms with Gasteiger partial charge in [-0.25, -0.2) is 9.97 Å². The number of fused-ring (bicyclic) bond motifs is 1. The summed E-state index contributed by atoms with van der Waals surface area (Å²) in [5, 5.41) is 1.75. The van der Waals surface area contributed by atoms with E-state index < -0.39 is 0 Å². The highest BCUT2D eigenvalue weighted by atomic mass is 35.5. The number of benzene rings is 1. The minimum Gasteiger partial charge on any atom is -0.323 e. The third-order valence-corrected chi connectivity index (χ3v) is 4.50. The van der Waals surface area contributed by atoms with Gasteiger partial charge in [-0.15, -0.1) is 22.9 Å². The molecule has 0 bridgehead atoms. The Morgan fingerprint density at radius 3 is 2.90 bits per heavy atom. The average molecular weight is 326 g/mol. The summed E-state index contributed by atoms with van der Waals surface area (Å²) in [5.74, 6) is 1.51. The van der Waals surface area contributed by atoms with E-state index in [0.29, 0.717) is 10.9 Å². The van der Waals surface area contributed by atoms with Crippen LogP contribution in [-0.2, 0) is 13.0 Å². The van der Waals surface area contributed by atoms with Gasteiger partial charge in [-0.3, -0.25) is 0 Å².